The Balaban J connectivity index is 1.63. The van der Waals surface area contributed by atoms with Crippen LogP contribution in [0.15, 0.2) is 29.4 Å². The van der Waals surface area contributed by atoms with Crippen molar-refractivity contribution in [2.75, 3.05) is 0 Å². The first-order chi connectivity index (χ1) is 10.1. The van der Waals surface area contributed by atoms with E-state index in [2.05, 4.69) is 15.5 Å². The molecule has 1 atom stereocenters. The second kappa shape index (κ2) is 5.85. The van der Waals surface area contributed by atoms with Crippen molar-refractivity contribution in [2.45, 2.75) is 42.6 Å². The van der Waals surface area contributed by atoms with Crippen molar-refractivity contribution in [3.63, 3.8) is 0 Å². The summed E-state index contributed by atoms with van der Waals surface area (Å²) in [6, 6.07) is 8.15. The molecule has 1 unspecified atom stereocenters. The molecule has 6 nitrogen and oxygen atoms in total. The molecule has 0 saturated heterocycles. The third kappa shape index (κ3) is 3.24. The number of aliphatic carboxylic acids is 1. The molecule has 21 heavy (non-hydrogen) atoms. The zero-order valence-corrected chi connectivity index (χ0v) is 12.5. The van der Waals surface area contributed by atoms with E-state index in [-0.39, 0.29) is 0 Å². The van der Waals surface area contributed by atoms with Gasteiger partial charge in [0.15, 0.2) is 0 Å². The molecule has 1 aromatic heterocycles. The Morgan fingerprint density at radius 2 is 2.14 bits per heavy atom. The SMILES string of the molecule is CC(C(=O)O)c1ccc(CSc2nnnn2C2CC2)cc1. The van der Waals surface area contributed by atoms with Crippen LogP contribution in [0.1, 0.15) is 42.9 Å². The average Bonchev–Trinajstić information content (AvgIpc) is 3.23. The second-order valence-corrected chi connectivity index (χ2v) is 6.17. The van der Waals surface area contributed by atoms with Crippen molar-refractivity contribution >= 4 is 17.7 Å². The summed E-state index contributed by atoms with van der Waals surface area (Å²) in [6.45, 7) is 1.69. The van der Waals surface area contributed by atoms with Gasteiger partial charge in [0.05, 0.1) is 12.0 Å². The van der Waals surface area contributed by atoms with Gasteiger partial charge in [0.25, 0.3) is 0 Å². The van der Waals surface area contributed by atoms with E-state index in [9.17, 15) is 4.79 Å². The summed E-state index contributed by atoms with van der Waals surface area (Å²) in [6.07, 6.45) is 2.31. The zero-order valence-electron chi connectivity index (χ0n) is 11.6. The number of thioether (sulfide) groups is 1. The van der Waals surface area contributed by atoms with Crippen LogP contribution in [0.5, 0.6) is 0 Å². The molecule has 0 radical (unpaired) electrons. The lowest BCUT2D eigenvalue weighted by Crippen LogP contribution is -2.07. The van der Waals surface area contributed by atoms with E-state index in [1.807, 2.05) is 28.9 Å². The molecule has 7 heteroatoms. The molecule has 1 N–H and O–H groups in total. The number of carboxylic acid groups (broad SMARTS) is 1. The van der Waals surface area contributed by atoms with Crippen LogP contribution in [0.3, 0.4) is 0 Å². The van der Waals surface area contributed by atoms with E-state index < -0.39 is 11.9 Å². The molecule has 1 aliphatic carbocycles. The number of carboxylic acids is 1. The lowest BCUT2D eigenvalue weighted by atomic mass is 10.0. The van der Waals surface area contributed by atoms with Crippen molar-refractivity contribution in [1.29, 1.82) is 0 Å². The summed E-state index contributed by atoms with van der Waals surface area (Å²) in [7, 11) is 0. The van der Waals surface area contributed by atoms with Crippen molar-refractivity contribution in [3.05, 3.63) is 35.4 Å². The average molecular weight is 304 g/mol. The van der Waals surface area contributed by atoms with Gasteiger partial charge in [-0.05, 0) is 41.3 Å². The first kappa shape index (κ1) is 14.1. The predicted octanol–water partition coefficient (Wildman–Crippen LogP) is 2.49. The van der Waals surface area contributed by atoms with Gasteiger partial charge in [0, 0.05) is 5.75 Å². The van der Waals surface area contributed by atoms with E-state index in [1.165, 1.54) is 0 Å². The maximum absolute atomic E-state index is 10.9. The Hall–Kier alpha value is -1.89. The van der Waals surface area contributed by atoms with Crippen LogP contribution in [0.2, 0.25) is 0 Å². The highest BCUT2D eigenvalue weighted by molar-refractivity contribution is 7.98. The van der Waals surface area contributed by atoms with Gasteiger partial charge in [-0.1, -0.05) is 36.0 Å². The van der Waals surface area contributed by atoms with Crippen molar-refractivity contribution in [2.24, 2.45) is 0 Å². The van der Waals surface area contributed by atoms with E-state index in [1.54, 1.807) is 18.7 Å². The number of tetrazole rings is 1. The Morgan fingerprint density at radius 1 is 1.43 bits per heavy atom. The fourth-order valence-electron chi connectivity index (χ4n) is 2.02. The largest absolute Gasteiger partial charge is 0.481 e. The number of aromatic nitrogens is 4. The van der Waals surface area contributed by atoms with Crippen LogP contribution in [0, 0.1) is 0 Å². The molecular weight excluding hydrogens is 288 g/mol. The van der Waals surface area contributed by atoms with E-state index in [4.69, 9.17) is 5.11 Å². The fraction of sp³-hybridized carbons (Fsp3) is 0.429. The molecule has 0 aliphatic heterocycles. The standard InChI is InChI=1S/C14H16N4O2S/c1-9(13(19)20)11-4-2-10(3-5-11)8-21-14-15-16-17-18(14)12-6-7-12/h2-5,9,12H,6-8H2,1H3,(H,19,20). The number of carbonyl (C=O) groups is 1. The van der Waals surface area contributed by atoms with Gasteiger partial charge in [0.2, 0.25) is 5.16 Å². The molecule has 1 aromatic carbocycles. The van der Waals surface area contributed by atoms with Crippen molar-refractivity contribution in [1.82, 2.24) is 20.2 Å². The lowest BCUT2D eigenvalue weighted by Gasteiger charge is -2.07. The highest BCUT2D eigenvalue weighted by atomic mass is 32.2. The van der Waals surface area contributed by atoms with Crippen LogP contribution in [0.4, 0.5) is 0 Å². The smallest absolute Gasteiger partial charge is 0.310 e. The van der Waals surface area contributed by atoms with Gasteiger partial charge in [-0.2, -0.15) is 0 Å². The Kier molecular flexibility index (Phi) is 3.92. The summed E-state index contributed by atoms with van der Waals surface area (Å²) in [5.41, 5.74) is 1.95. The molecule has 1 saturated carbocycles. The third-order valence-electron chi connectivity index (χ3n) is 3.57. The highest BCUT2D eigenvalue weighted by Crippen LogP contribution is 2.36. The number of benzene rings is 1. The molecule has 2 aromatic rings. The van der Waals surface area contributed by atoms with Crippen LogP contribution >= 0.6 is 11.8 Å². The highest BCUT2D eigenvalue weighted by Gasteiger charge is 2.27. The van der Waals surface area contributed by atoms with Gasteiger partial charge < -0.3 is 5.11 Å². The fourth-order valence-corrected chi connectivity index (χ4v) is 2.92. The van der Waals surface area contributed by atoms with Crippen LogP contribution < -0.4 is 0 Å². The number of hydrogen-bond donors (Lipinski definition) is 1. The zero-order chi connectivity index (χ0) is 14.8. The number of hydrogen-bond acceptors (Lipinski definition) is 5. The minimum absolute atomic E-state index is 0.473. The molecular formula is C14H16N4O2S. The molecule has 1 aliphatic rings. The van der Waals surface area contributed by atoms with Crippen molar-refractivity contribution < 1.29 is 9.90 Å². The maximum atomic E-state index is 10.9. The quantitative estimate of drug-likeness (QED) is 0.826. The first-order valence-electron chi connectivity index (χ1n) is 6.87. The minimum Gasteiger partial charge on any atom is -0.481 e. The maximum Gasteiger partial charge on any atom is 0.310 e. The Morgan fingerprint density at radius 3 is 2.76 bits per heavy atom. The molecule has 0 spiro atoms. The van der Waals surface area contributed by atoms with E-state index in [0.29, 0.717) is 6.04 Å². The Labute approximate surface area is 126 Å². The van der Waals surface area contributed by atoms with Gasteiger partial charge in [0.1, 0.15) is 0 Å². The monoisotopic (exact) mass is 304 g/mol. The molecule has 110 valence electrons. The topological polar surface area (TPSA) is 80.9 Å². The van der Waals surface area contributed by atoms with Crippen LogP contribution in [-0.2, 0) is 10.5 Å². The van der Waals surface area contributed by atoms with E-state index >= 15 is 0 Å². The minimum atomic E-state index is -0.805. The summed E-state index contributed by atoms with van der Waals surface area (Å²) >= 11 is 1.61. The summed E-state index contributed by atoms with van der Waals surface area (Å²) in [5, 5.41) is 21.6. The molecule has 1 fully saturated rings. The van der Waals surface area contributed by atoms with Gasteiger partial charge in [-0.3, -0.25) is 4.79 Å². The summed E-state index contributed by atoms with van der Waals surface area (Å²) < 4.78 is 1.89. The van der Waals surface area contributed by atoms with E-state index in [0.717, 1.165) is 34.9 Å². The first-order valence-corrected chi connectivity index (χ1v) is 7.86. The molecule has 0 bridgehead atoms. The summed E-state index contributed by atoms with van der Waals surface area (Å²) in [4.78, 5) is 10.9. The summed E-state index contributed by atoms with van der Waals surface area (Å²) in [5.74, 6) is -0.510. The van der Waals surface area contributed by atoms with Gasteiger partial charge >= 0.3 is 5.97 Å². The number of nitrogens with zero attached hydrogens (tertiary/aromatic N) is 4. The van der Waals surface area contributed by atoms with Crippen LogP contribution in [-0.4, -0.2) is 31.3 Å². The molecule has 0 amide bonds. The second-order valence-electron chi connectivity index (χ2n) is 5.23. The molecule has 1 heterocycles. The lowest BCUT2D eigenvalue weighted by molar-refractivity contribution is -0.138. The number of rotatable bonds is 6. The van der Waals surface area contributed by atoms with Crippen LogP contribution in [0.25, 0.3) is 0 Å². The van der Waals surface area contributed by atoms with Gasteiger partial charge in [-0.15, -0.1) is 5.10 Å². The normalized spacial score (nSPS) is 15.9. The van der Waals surface area contributed by atoms with Gasteiger partial charge in [-0.25, -0.2) is 4.68 Å². The van der Waals surface area contributed by atoms with Crippen molar-refractivity contribution in [3.8, 4) is 0 Å². The molecule has 3 rings (SSSR count). The predicted molar refractivity (Wildman–Crippen MR) is 78.1 cm³/mol. The third-order valence-corrected chi connectivity index (χ3v) is 4.58. The Bertz CT molecular complexity index is 637.